The predicted octanol–water partition coefficient (Wildman–Crippen LogP) is 2.90. The summed E-state index contributed by atoms with van der Waals surface area (Å²) in [5.74, 6) is 0.460. The molecule has 5 heteroatoms. The van der Waals surface area contributed by atoms with Crippen molar-refractivity contribution in [2.24, 2.45) is 7.05 Å². The van der Waals surface area contributed by atoms with Gasteiger partial charge in [0, 0.05) is 42.5 Å². The molecular formula is C18H19N3O2. The largest absolute Gasteiger partial charge is 0.478 e. The van der Waals surface area contributed by atoms with Crippen LogP contribution in [-0.4, -0.2) is 22.1 Å². The Morgan fingerprint density at radius 2 is 2.09 bits per heavy atom. The van der Waals surface area contributed by atoms with E-state index in [0.717, 1.165) is 16.5 Å². The van der Waals surface area contributed by atoms with Crippen LogP contribution in [0.1, 0.15) is 22.8 Å². The van der Waals surface area contributed by atoms with E-state index >= 15 is 0 Å². The van der Waals surface area contributed by atoms with E-state index in [-0.39, 0.29) is 5.91 Å². The van der Waals surface area contributed by atoms with Crippen LogP contribution in [0.25, 0.3) is 10.9 Å². The minimum Gasteiger partial charge on any atom is -0.478 e. The van der Waals surface area contributed by atoms with Crippen LogP contribution < -0.4 is 10.1 Å². The molecule has 0 spiro atoms. The highest BCUT2D eigenvalue weighted by Gasteiger charge is 2.14. The van der Waals surface area contributed by atoms with Gasteiger partial charge in [-0.2, -0.15) is 0 Å². The summed E-state index contributed by atoms with van der Waals surface area (Å²) >= 11 is 0. The number of carbonyl (C=O) groups excluding carboxylic acids is 1. The van der Waals surface area contributed by atoms with Crippen molar-refractivity contribution in [1.29, 1.82) is 0 Å². The lowest BCUT2D eigenvalue weighted by Crippen LogP contribution is -2.23. The predicted molar refractivity (Wildman–Crippen MR) is 89.5 cm³/mol. The number of carbonyl (C=O) groups is 1. The van der Waals surface area contributed by atoms with Gasteiger partial charge in [-0.25, -0.2) is 4.98 Å². The molecule has 5 nitrogen and oxygen atoms in total. The van der Waals surface area contributed by atoms with E-state index in [4.69, 9.17) is 4.74 Å². The molecule has 2 aromatic heterocycles. The monoisotopic (exact) mass is 309 g/mol. The fourth-order valence-electron chi connectivity index (χ4n) is 2.62. The molecule has 1 aromatic carbocycles. The number of para-hydroxylation sites is 1. The highest BCUT2D eigenvalue weighted by Crippen LogP contribution is 2.20. The topological polar surface area (TPSA) is 56.1 Å². The van der Waals surface area contributed by atoms with Crippen molar-refractivity contribution in [3.63, 3.8) is 0 Å². The summed E-state index contributed by atoms with van der Waals surface area (Å²) in [6.45, 7) is 2.83. The molecule has 0 fully saturated rings. The number of rotatable bonds is 5. The van der Waals surface area contributed by atoms with Gasteiger partial charge in [-0.15, -0.1) is 0 Å². The van der Waals surface area contributed by atoms with Gasteiger partial charge in [0.15, 0.2) is 0 Å². The molecule has 1 amide bonds. The van der Waals surface area contributed by atoms with Gasteiger partial charge >= 0.3 is 0 Å². The maximum atomic E-state index is 12.5. The molecule has 0 saturated heterocycles. The second-order valence-corrected chi connectivity index (χ2v) is 5.25. The number of aromatic nitrogens is 2. The van der Waals surface area contributed by atoms with Crippen molar-refractivity contribution < 1.29 is 9.53 Å². The quantitative estimate of drug-likeness (QED) is 0.788. The Balaban J connectivity index is 1.80. The first kappa shape index (κ1) is 15.1. The zero-order valence-corrected chi connectivity index (χ0v) is 13.2. The van der Waals surface area contributed by atoms with Crippen LogP contribution in [0.2, 0.25) is 0 Å². The van der Waals surface area contributed by atoms with Crippen LogP contribution in [0, 0.1) is 0 Å². The Labute approximate surface area is 134 Å². The van der Waals surface area contributed by atoms with Gasteiger partial charge in [-0.05, 0) is 19.1 Å². The number of pyridine rings is 1. The summed E-state index contributed by atoms with van der Waals surface area (Å²) in [5.41, 5.74) is 2.57. The lowest BCUT2D eigenvalue weighted by atomic mass is 10.1. The Kier molecular flexibility index (Phi) is 4.28. The smallest absolute Gasteiger partial charge is 0.253 e. The molecule has 0 aliphatic rings. The number of fused-ring (bicyclic) bond motifs is 1. The van der Waals surface area contributed by atoms with Crippen LogP contribution in [0.4, 0.5) is 0 Å². The molecule has 23 heavy (non-hydrogen) atoms. The van der Waals surface area contributed by atoms with Gasteiger partial charge < -0.3 is 14.6 Å². The molecule has 0 aliphatic heterocycles. The molecular weight excluding hydrogens is 290 g/mol. The van der Waals surface area contributed by atoms with Gasteiger partial charge in [0.2, 0.25) is 5.88 Å². The average Bonchev–Trinajstić information content (AvgIpc) is 2.92. The van der Waals surface area contributed by atoms with Gasteiger partial charge in [0.25, 0.3) is 5.91 Å². The Bertz CT molecular complexity index is 839. The van der Waals surface area contributed by atoms with Crippen LogP contribution in [0.3, 0.4) is 0 Å². The molecule has 0 bridgehead atoms. The zero-order chi connectivity index (χ0) is 16.2. The van der Waals surface area contributed by atoms with Crippen LogP contribution in [-0.2, 0) is 13.6 Å². The number of hydrogen-bond acceptors (Lipinski definition) is 3. The minimum atomic E-state index is -0.104. The summed E-state index contributed by atoms with van der Waals surface area (Å²) in [5, 5.41) is 3.90. The Morgan fingerprint density at radius 3 is 2.91 bits per heavy atom. The number of nitrogens with one attached hydrogen (secondary N) is 1. The van der Waals surface area contributed by atoms with Crippen molar-refractivity contribution >= 4 is 16.8 Å². The number of aryl methyl sites for hydroxylation is 1. The average molecular weight is 309 g/mol. The van der Waals surface area contributed by atoms with E-state index in [2.05, 4.69) is 10.3 Å². The molecule has 0 atom stereocenters. The van der Waals surface area contributed by atoms with Gasteiger partial charge in [0.1, 0.15) is 0 Å². The first-order chi connectivity index (χ1) is 11.2. The van der Waals surface area contributed by atoms with E-state index in [1.807, 2.05) is 61.1 Å². The molecule has 1 N–H and O–H groups in total. The summed E-state index contributed by atoms with van der Waals surface area (Å²) in [7, 11) is 1.94. The first-order valence-corrected chi connectivity index (χ1v) is 7.59. The maximum absolute atomic E-state index is 12.5. The molecule has 0 radical (unpaired) electrons. The molecule has 3 rings (SSSR count). The van der Waals surface area contributed by atoms with Crippen LogP contribution in [0.15, 0.2) is 48.8 Å². The second-order valence-electron chi connectivity index (χ2n) is 5.25. The maximum Gasteiger partial charge on any atom is 0.253 e. The van der Waals surface area contributed by atoms with Gasteiger partial charge in [0.05, 0.1) is 12.2 Å². The molecule has 0 unspecified atom stereocenters. The normalized spacial score (nSPS) is 10.7. The summed E-state index contributed by atoms with van der Waals surface area (Å²) < 4.78 is 7.44. The van der Waals surface area contributed by atoms with Crippen molar-refractivity contribution in [3.8, 4) is 5.88 Å². The number of ether oxygens (including phenoxy) is 1. The molecule has 118 valence electrons. The van der Waals surface area contributed by atoms with Gasteiger partial charge in [-0.3, -0.25) is 4.79 Å². The van der Waals surface area contributed by atoms with Crippen molar-refractivity contribution in [1.82, 2.24) is 14.9 Å². The number of nitrogens with zero attached hydrogens (tertiary/aromatic N) is 2. The SMILES string of the molecule is CCOc1ncccc1CNC(=O)c1cn(C)c2ccccc12. The number of amides is 1. The standard InChI is InChI=1S/C18H19N3O2/c1-3-23-18-13(7-6-10-19-18)11-20-17(22)15-12-21(2)16-9-5-4-8-14(15)16/h4-10,12H,3,11H2,1-2H3,(H,20,22). The van der Waals surface area contributed by atoms with Crippen molar-refractivity contribution in [2.45, 2.75) is 13.5 Å². The Hall–Kier alpha value is -2.82. The summed E-state index contributed by atoms with van der Waals surface area (Å²) in [6.07, 6.45) is 3.54. The third kappa shape index (κ3) is 3.04. The van der Waals surface area contributed by atoms with Crippen molar-refractivity contribution in [3.05, 3.63) is 59.9 Å². The second kappa shape index (κ2) is 6.52. The van der Waals surface area contributed by atoms with E-state index < -0.39 is 0 Å². The highest BCUT2D eigenvalue weighted by atomic mass is 16.5. The van der Waals surface area contributed by atoms with Crippen LogP contribution in [0.5, 0.6) is 5.88 Å². The van der Waals surface area contributed by atoms with Gasteiger partial charge in [-0.1, -0.05) is 24.3 Å². The summed E-state index contributed by atoms with van der Waals surface area (Å²) in [4.78, 5) is 16.7. The first-order valence-electron chi connectivity index (χ1n) is 7.59. The molecule has 0 saturated carbocycles. The fraction of sp³-hybridized carbons (Fsp3) is 0.222. The summed E-state index contributed by atoms with van der Waals surface area (Å²) in [6, 6.07) is 11.6. The zero-order valence-electron chi connectivity index (χ0n) is 13.2. The molecule has 0 aliphatic carbocycles. The van der Waals surface area contributed by atoms with E-state index in [0.29, 0.717) is 24.6 Å². The van der Waals surface area contributed by atoms with E-state index in [1.165, 1.54) is 0 Å². The Morgan fingerprint density at radius 1 is 1.26 bits per heavy atom. The third-order valence-electron chi connectivity index (χ3n) is 3.71. The number of benzene rings is 1. The fourth-order valence-corrected chi connectivity index (χ4v) is 2.62. The number of hydrogen-bond donors (Lipinski definition) is 1. The highest BCUT2D eigenvalue weighted by molar-refractivity contribution is 6.06. The van der Waals surface area contributed by atoms with E-state index in [9.17, 15) is 4.79 Å². The van der Waals surface area contributed by atoms with Crippen LogP contribution >= 0.6 is 0 Å². The molecule has 3 aromatic rings. The lowest BCUT2D eigenvalue weighted by Gasteiger charge is -2.09. The lowest BCUT2D eigenvalue weighted by molar-refractivity contribution is 0.0952. The van der Waals surface area contributed by atoms with Crippen molar-refractivity contribution in [2.75, 3.05) is 6.61 Å². The third-order valence-corrected chi connectivity index (χ3v) is 3.71. The van der Waals surface area contributed by atoms with E-state index in [1.54, 1.807) is 6.20 Å². The minimum absolute atomic E-state index is 0.104. The molecule has 2 heterocycles.